The Bertz CT molecular complexity index is 227. The third-order valence-corrected chi connectivity index (χ3v) is 2.46. The van der Waals surface area contributed by atoms with E-state index in [9.17, 15) is 4.79 Å². The maximum atomic E-state index is 11.3. The molecule has 3 nitrogen and oxygen atoms in total. The van der Waals surface area contributed by atoms with Crippen LogP contribution in [0.3, 0.4) is 0 Å². The van der Waals surface area contributed by atoms with Crippen LogP contribution in [0, 0.1) is 10.8 Å². The number of carbonyl (C=O) groups excluding carboxylic acids is 1. The van der Waals surface area contributed by atoms with Gasteiger partial charge in [-0.3, -0.25) is 4.79 Å². The molecule has 0 bridgehead atoms. The van der Waals surface area contributed by atoms with Crippen molar-refractivity contribution >= 4 is 13.8 Å². The van der Waals surface area contributed by atoms with E-state index in [2.05, 4.69) is 19.2 Å². The summed E-state index contributed by atoms with van der Waals surface area (Å²) in [5, 5.41) is 2.62. The molecule has 4 heteroatoms. The number of ether oxygens (including phenoxy) is 1. The summed E-state index contributed by atoms with van der Waals surface area (Å²) in [6.45, 7) is 9.39. The van der Waals surface area contributed by atoms with E-state index in [0.717, 1.165) is 0 Å². The largest absolute Gasteiger partial charge is 0.380 e. The first-order valence-corrected chi connectivity index (χ1v) is 5.71. The van der Waals surface area contributed by atoms with Crippen molar-refractivity contribution in [3.8, 4) is 0 Å². The van der Waals surface area contributed by atoms with Gasteiger partial charge in [-0.05, 0) is 10.8 Å². The van der Waals surface area contributed by atoms with E-state index in [1.54, 1.807) is 7.05 Å². The molecular weight excluding hydrogens is 201 g/mol. The first kappa shape index (κ1) is 15.5. The number of hydrogen-bond acceptors (Lipinski definition) is 2. The molecule has 0 spiro atoms. The van der Waals surface area contributed by atoms with Crippen molar-refractivity contribution in [3.05, 3.63) is 0 Å². The highest BCUT2D eigenvalue weighted by Gasteiger charge is 2.23. The molecule has 0 aromatic heterocycles. The van der Waals surface area contributed by atoms with Crippen molar-refractivity contribution in [2.45, 2.75) is 40.4 Å². The van der Waals surface area contributed by atoms with E-state index in [1.165, 1.54) is 0 Å². The molecule has 0 aliphatic heterocycles. The fourth-order valence-electron chi connectivity index (χ4n) is 1.24. The molecule has 16 heavy (non-hydrogen) atoms. The minimum absolute atomic E-state index is 0.00307. The smallest absolute Gasteiger partial charge is 0.220 e. The van der Waals surface area contributed by atoms with Crippen LogP contribution in [0.1, 0.15) is 34.1 Å². The van der Waals surface area contributed by atoms with Gasteiger partial charge in [0.2, 0.25) is 5.91 Å². The molecule has 0 atom stereocenters. The Kier molecular flexibility index (Phi) is 6.09. The van der Waals surface area contributed by atoms with E-state index in [0.29, 0.717) is 26.0 Å². The van der Waals surface area contributed by atoms with Gasteiger partial charge >= 0.3 is 0 Å². The zero-order chi connectivity index (χ0) is 12.8. The summed E-state index contributed by atoms with van der Waals surface area (Å²) in [6, 6.07) is 0. The van der Waals surface area contributed by atoms with Crippen molar-refractivity contribution in [1.29, 1.82) is 0 Å². The van der Waals surface area contributed by atoms with E-state index in [-0.39, 0.29) is 16.7 Å². The summed E-state index contributed by atoms with van der Waals surface area (Å²) >= 11 is 0. The molecule has 0 aliphatic rings. The number of nitrogens with one attached hydrogen (secondary N) is 1. The van der Waals surface area contributed by atoms with Gasteiger partial charge < -0.3 is 10.1 Å². The molecule has 0 rings (SSSR count). The summed E-state index contributed by atoms with van der Waals surface area (Å²) in [4.78, 5) is 11.3. The Morgan fingerprint density at radius 3 is 2.12 bits per heavy atom. The summed E-state index contributed by atoms with van der Waals surface area (Å²) in [5.41, 5.74) is -0.131. The van der Waals surface area contributed by atoms with Gasteiger partial charge in [-0.15, -0.1) is 0 Å². The fraction of sp³-hybridized carbons (Fsp3) is 0.917. The fourth-order valence-corrected chi connectivity index (χ4v) is 1.24. The molecule has 1 amide bonds. The van der Waals surface area contributed by atoms with Crippen molar-refractivity contribution in [2.24, 2.45) is 10.8 Å². The summed E-state index contributed by atoms with van der Waals surface area (Å²) in [5.74, 6) is 0.0479. The molecule has 0 fully saturated rings. The molecule has 0 saturated heterocycles. The number of hydrogen-bond donors (Lipinski definition) is 1. The highest BCUT2D eigenvalue weighted by atomic mass is 16.5. The predicted octanol–water partition coefficient (Wildman–Crippen LogP) is 1.78. The maximum absolute atomic E-state index is 11.3. The lowest BCUT2D eigenvalue weighted by atomic mass is 9.80. The average molecular weight is 225 g/mol. The van der Waals surface area contributed by atoms with Crippen molar-refractivity contribution < 1.29 is 9.53 Å². The molecule has 0 saturated carbocycles. The van der Waals surface area contributed by atoms with Crippen molar-refractivity contribution in [2.75, 3.05) is 20.3 Å². The van der Waals surface area contributed by atoms with Gasteiger partial charge in [0.15, 0.2) is 0 Å². The molecular formula is C12H24BNO2. The van der Waals surface area contributed by atoms with Gasteiger partial charge in [-0.2, -0.15) is 0 Å². The minimum Gasteiger partial charge on any atom is -0.380 e. The van der Waals surface area contributed by atoms with Crippen LogP contribution in [0.5, 0.6) is 0 Å². The van der Waals surface area contributed by atoms with E-state index in [1.807, 2.05) is 13.8 Å². The Morgan fingerprint density at radius 2 is 1.69 bits per heavy atom. The number of amides is 1. The molecule has 92 valence electrons. The van der Waals surface area contributed by atoms with Crippen LogP contribution in [0.25, 0.3) is 0 Å². The minimum atomic E-state index is -0.134. The number of carbonyl (C=O) groups is 1. The zero-order valence-electron chi connectivity index (χ0n) is 11.2. The monoisotopic (exact) mass is 225 g/mol. The Hall–Kier alpha value is -0.505. The van der Waals surface area contributed by atoms with Gasteiger partial charge in [0, 0.05) is 13.5 Å². The quantitative estimate of drug-likeness (QED) is 0.670. The van der Waals surface area contributed by atoms with Crippen LogP contribution in [-0.4, -0.2) is 34.0 Å². The van der Waals surface area contributed by atoms with Crippen molar-refractivity contribution in [1.82, 2.24) is 5.32 Å². The SMILES string of the molecule is [B]CC(C)(C)COCC(C)(C)CC(=O)NC. The highest BCUT2D eigenvalue weighted by molar-refractivity contribution is 6.08. The van der Waals surface area contributed by atoms with E-state index in [4.69, 9.17) is 12.6 Å². The second-order valence-electron chi connectivity index (χ2n) is 5.88. The molecule has 1 N–H and O–H groups in total. The Balaban J connectivity index is 3.95. The molecule has 0 heterocycles. The Labute approximate surface area is 101 Å². The van der Waals surface area contributed by atoms with E-state index < -0.39 is 0 Å². The molecule has 0 aromatic carbocycles. The van der Waals surface area contributed by atoms with Crippen LogP contribution in [0.15, 0.2) is 0 Å². The van der Waals surface area contributed by atoms with Gasteiger partial charge in [-0.25, -0.2) is 0 Å². The van der Waals surface area contributed by atoms with Crippen LogP contribution in [-0.2, 0) is 9.53 Å². The van der Waals surface area contributed by atoms with Crippen LogP contribution < -0.4 is 5.32 Å². The normalized spacial score (nSPS) is 12.6. The average Bonchev–Trinajstić information content (AvgIpc) is 2.16. The standard InChI is InChI=1S/C12H24BNO2/c1-11(2,6-10(15)14-5)8-16-9-12(3,4)7-13/h6-9H2,1-5H3,(H,14,15). The zero-order valence-corrected chi connectivity index (χ0v) is 11.2. The van der Waals surface area contributed by atoms with Gasteiger partial charge in [0.05, 0.1) is 21.1 Å². The first-order chi connectivity index (χ1) is 7.22. The second kappa shape index (κ2) is 6.28. The van der Waals surface area contributed by atoms with Crippen LogP contribution in [0.2, 0.25) is 6.32 Å². The lowest BCUT2D eigenvalue weighted by Crippen LogP contribution is -2.30. The first-order valence-electron chi connectivity index (χ1n) is 5.71. The Morgan fingerprint density at radius 1 is 1.19 bits per heavy atom. The lowest BCUT2D eigenvalue weighted by molar-refractivity contribution is -0.123. The van der Waals surface area contributed by atoms with Gasteiger partial charge in [0.25, 0.3) is 0 Å². The molecule has 2 radical (unpaired) electrons. The third kappa shape index (κ3) is 6.88. The molecule has 0 aliphatic carbocycles. The number of rotatable bonds is 7. The van der Waals surface area contributed by atoms with Crippen molar-refractivity contribution in [3.63, 3.8) is 0 Å². The van der Waals surface area contributed by atoms with Crippen LogP contribution >= 0.6 is 0 Å². The molecule has 0 unspecified atom stereocenters. The highest BCUT2D eigenvalue weighted by Crippen LogP contribution is 2.24. The van der Waals surface area contributed by atoms with E-state index >= 15 is 0 Å². The summed E-state index contributed by atoms with van der Waals surface area (Å²) in [7, 11) is 7.26. The summed E-state index contributed by atoms with van der Waals surface area (Å²) < 4.78 is 5.64. The predicted molar refractivity (Wildman–Crippen MR) is 67.6 cm³/mol. The van der Waals surface area contributed by atoms with Gasteiger partial charge in [0.1, 0.15) is 0 Å². The molecule has 0 aromatic rings. The lowest BCUT2D eigenvalue weighted by Gasteiger charge is -2.28. The summed E-state index contributed by atoms with van der Waals surface area (Å²) in [6.07, 6.45) is 1.08. The maximum Gasteiger partial charge on any atom is 0.220 e. The van der Waals surface area contributed by atoms with Crippen LogP contribution in [0.4, 0.5) is 0 Å². The topological polar surface area (TPSA) is 38.3 Å². The van der Waals surface area contributed by atoms with Gasteiger partial charge in [-0.1, -0.05) is 34.0 Å². The second-order valence-corrected chi connectivity index (χ2v) is 5.88. The third-order valence-electron chi connectivity index (χ3n) is 2.46.